The van der Waals surface area contributed by atoms with Crippen molar-refractivity contribution in [2.24, 2.45) is 0 Å². The van der Waals surface area contributed by atoms with Gasteiger partial charge < -0.3 is 10.0 Å². The molecule has 0 unspecified atom stereocenters. The number of nitrogens with zero attached hydrogens (tertiary/aromatic N) is 2. The van der Waals surface area contributed by atoms with E-state index in [1.165, 1.54) is 11.3 Å². The minimum Gasteiger partial charge on any atom is -0.480 e. The van der Waals surface area contributed by atoms with Gasteiger partial charge in [-0.15, -0.1) is 11.3 Å². The number of rotatable bonds is 5. The van der Waals surface area contributed by atoms with E-state index in [0.29, 0.717) is 6.54 Å². The van der Waals surface area contributed by atoms with Crippen LogP contribution >= 0.6 is 11.3 Å². The molecule has 0 saturated carbocycles. The minimum atomic E-state index is -0.840. The molecule has 0 amide bonds. The Kier molecular flexibility index (Phi) is 3.94. The van der Waals surface area contributed by atoms with E-state index >= 15 is 0 Å². The Morgan fingerprint density at radius 2 is 2.11 bits per heavy atom. The number of hydrogen-bond acceptors (Lipinski definition) is 4. The van der Waals surface area contributed by atoms with E-state index in [9.17, 15) is 4.79 Å². The van der Waals surface area contributed by atoms with Gasteiger partial charge in [-0.1, -0.05) is 30.3 Å². The lowest BCUT2D eigenvalue weighted by molar-refractivity contribution is -0.135. The van der Waals surface area contributed by atoms with Crippen LogP contribution in [0.4, 0.5) is 5.13 Å². The van der Waals surface area contributed by atoms with E-state index in [1.807, 2.05) is 42.6 Å². The molecule has 0 fully saturated rings. The van der Waals surface area contributed by atoms with Gasteiger partial charge in [-0.3, -0.25) is 4.79 Å². The first-order valence-corrected chi connectivity index (χ1v) is 6.56. The first kappa shape index (κ1) is 12.6. The summed E-state index contributed by atoms with van der Waals surface area (Å²) < 4.78 is 0. The molecule has 94 valence electrons. The van der Waals surface area contributed by atoms with Crippen molar-refractivity contribution in [2.75, 3.05) is 18.0 Å². The number of anilines is 1. The number of carboxylic acid groups (broad SMARTS) is 1. The molecule has 0 saturated heterocycles. The first-order chi connectivity index (χ1) is 8.70. The van der Waals surface area contributed by atoms with Gasteiger partial charge in [-0.2, -0.15) is 0 Å². The van der Waals surface area contributed by atoms with Crippen LogP contribution in [-0.4, -0.2) is 29.1 Å². The molecule has 18 heavy (non-hydrogen) atoms. The molecular formula is C13H14N2O2S. The van der Waals surface area contributed by atoms with E-state index in [-0.39, 0.29) is 6.54 Å². The highest BCUT2D eigenvalue weighted by Crippen LogP contribution is 2.26. The summed E-state index contributed by atoms with van der Waals surface area (Å²) in [4.78, 5) is 17.0. The maximum absolute atomic E-state index is 10.8. The van der Waals surface area contributed by atoms with Gasteiger partial charge in [0.25, 0.3) is 0 Å². The second-order valence-electron chi connectivity index (χ2n) is 3.79. The van der Waals surface area contributed by atoms with Gasteiger partial charge in [0.1, 0.15) is 6.54 Å². The van der Waals surface area contributed by atoms with Crippen LogP contribution in [-0.2, 0) is 4.79 Å². The van der Waals surface area contributed by atoms with Gasteiger partial charge in [0, 0.05) is 17.5 Å². The number of thiazole rings is 1. The fourth-order valence-electron chi connectivity index (χ4n) is 1.63. The van der Waals surface area contributed by atoms with Gasteiger partial charge >= 0.3 is 5.97 Å². The van der Waals surface area contributed by atoms with Crippen LogP contribution in [0, 0.1) is 0 Å². The summed E-state index contributed by atoms with van der Waals surface area (Å²) in [5.74, 6) is -0.840. The summed E-state index contributed by atoms with van der Waals surface area (Å²) >= 11 is 1.47. The molecule has 1 N–H and O–H groups in total. The topological polar surface area (TPSA) is 53.4 Å². The Bertz CT molecular complexity index is 525. The Morgan fingerprint density at radius 3 is 2.72 bits per heavy atom. The van der Waals surface area contributed by atoms with Crippen LogP contribution in [0.2, 0.25) is 0 Å². The molecule has 2 rings (SSSR count). The molecule has 0 spiro atoms. The summed E-state index contributed by atoms with van der Waals surface area (Å²) in [5.41, 5.74) is 1.94. The fraction of sp³-hybridized carbons (Fsp3) is 0.231. The molecule has 0 bridgehead atoms. The number of likely N-dealkylation sites (N-methyl/N-ethyl adjacent to an activating group) is 1. The normalized spacial score (nSPS) is 10.3. The fourth-order valence-corrected chi connectivity index (χ4v) is 2.53. The van der Waals surface area contributed by atoms with Crippen molar-refractivity contribution in [3.05, 3.63) is 35.7 Å². The molecule has 0 aliphatic rings. The summed E-state index contributed by atoms with van der Waals surface area (Å²) in [5, 5.41) is 11.5. The average Bonchev–Trinajstić information content (AvgIpc) is 2.86. The van der Waals surface area contributed by atoms with Gasteiger partial charge in [0.15, 0.2) is 5.13 Å². The number of carboxylic acids is 1. The molecule has 0 aliphatic carbocycles. The smallest absolute Gasteiger partial charge is 0.323 e. The SMILES string of the molecule is CCN(CC(=O)O)c1nc(-c2ccccc2)cs1. The molecule has 4 nitrogen and oxygen atoms in total. The van der Waals surface area contributed by atoms with Crippen molar-refractivity contribution in [1.29, 1.82) is 0 Å². The Morgan fingerprint density at radius 1 is 1.39 bits per heavy atom. The Hall–Kier alpha value is -1.88. The number of carbonyl (C=O) groups is 1. The van der Waals surface area contributed by atoms with Gasteiger partial charge in [0.2, 0.25) is 0 Å². The molecule has 1 aromatic carbocycles. The van der Waals surface area contributed by atoms with E-state index in [0.717, 1.165) is 16.4 Å². The second-order valence-corrected chi connectivity index (χ2v) is 4.63. The summed E-state index contributed by atoms with van der Waals surface area (Å²) in [6.45, 7) is 2.54. The third-order valence-corrected chi connectivity index (χ3v) is 3.44. The molecular weight excluding hydrogens is 248 g/mol. The van der Waals surface area contributed by atoms with Crippen molar-refractivity contribution < 1.29 is 9.90 Å². The summed E-state index contributed by atoms with van der Waals surface area (Å²) in [6.07, 6.45) is 0. The molecule has 5 heteroatoms. The number of benzene rings is 1. The van der Waals surface area contributed by atoms with Crippen LogP contribution in [0.1, 0.15) is 6.92 Å². The Labute approximate surface area is 110 Å². The number of hydrogen-bond donors (Lipinski definition) is 1. The van der Waals surface area contributed by atoms with Crippen LogP contribution in [0.25, 0.3) is 11.3 Å². The monoisotopic (exact) mass is 262 g/mol. The van der Waals surface area contributed by atoms with Crippen molar-refractivity contribution in [1.82, 2.24) is 4.98 Å². The van der Waals surface area contributed by atoms with E-state index in [2.05, 4.69) is 4.98 Å². The largest absolute Gasteiger partial charge is 0.480 e. The average molecular weight is 262 g/mol. The standard InChI is InChI=1S/C13H14N2O2S/c1-2-15(8-12(16)17)13-14-11(9-18-13)10-6-4-3-5-7-10/h3-7,9H,2,8H2,1H3,(H,16,17). The lowest BCUT2D eigenvalue weighted by atomic mass is 10.2. The van der Waals surface area contributed by atoms with Crippen molar-refractivity contribution in [2.45, 2.75) is 6.92 Å². The highest BCUT2D eigenvalue weighted by atomic mass is 32.1. The summed E-state index contributed by atoms with van der Waals surface area (Å²) in [6, 6.07) is 9.87. The highest BCUT2D eigenvalue weighted by Gasteiger charge is 2.13. The molecule has 0 radical (unpaired) electrons. The second kappa shape index (κ2) is 5.64. The van der Waals surface area contributed by atoms with Gasteiger partial charge in [-0.25, -0.2) is 4.98 Å². The third kappa shape index (κ3) is 2.87. The van der Waals surface area contributed by atoms with Crippen LogP contribution in [0.15, 0.2) is 35.7 Å². The zero-order chi connectivity index (χ0) is 13.0. The third-order valence-electron chi connectivity index (χ3n) is 2.54. The highest BCUT2D eigenvalue weighted by molar-refractivity contribution is 7.14. The molecule has 1 heterocycles. The van der Waals surface area contributed by atoms with E-state index in [1.54, 1.807) is 4.90 Å². The zero-order valence-corrected chi connectivity index (χ0v) is 10.9. The van der Waals surface area contributed by atoms with Gasteiger partial charge in [0.05, 0.1) is 5.69 Å². The number of aromatic nitrogens is 1. The van der Waals surface area contributed by atoms with Gasteiger partial charge in [-0.05, 0) is 6.92 Å². The van der Waals surface area contributed by atoms with Crippen molar-refractivity contribution in [3.8, 4) is 11.3 Å². The van der Waals surface area contributed by atoms with Crippen molar-refractivity contribution >= 4 is 22.4 Å². The lowest BCUT2D eigenvalue weighted by Crippen LogP contribution is -2.29. The zero-order valence-electron chi connectivity index (χ0n) is 10.0. The lowest BCUT2D eigenvalue weighted by Gasteiger charge is -2.16. The van der Waals surface area contributed by atoms with Crippen LogP contribution in [0.3, 0.4) is 0 Å². The molecule has 0 aliphatic heterocycles. The van der Waals surface area contributed by atoms with E-state index in [4.69, 9.17) is 5.11 Å². The van der Waals surface area contributed by atoms with Crippen LogP contribution < -0.4 is 4.90 Å². The first-order valence-electron chi connectivity index (χ1n) is 5.68. The minimum absolute atomic E-state index is 0.0156. The van der Waals surface area contributed by atoms with Crippen molar-refractivity contribution in [3.63, 3.8) is 0 Å². The molecule has 2 aromatic rings. The number of aliphatic carboxylic acids is 1. The molecule has 0 atom stereocenters. The maximum Gasteiger partial charge on any atom is 0.323 e. The quantitative estimate of drug-likeness (QED) is 0.900. The predicted molar refractivity (Wildman–Crippen MR) is 73.1 cm³/mol. The molecule has 1 aromatic heterocycles. The predicted octanol–water partition coefficient (Wildman–Crippen LogP) is 2.72. The maximum atomic E-state index is 10.8. The Balaban J connectivity index is 2.22. The van der Waals surface area contributed by atoms with E-state index < -0.39 is 5.97 Å². The summed E-state index contributed by atoms with van der Waals surface area (Å²) in [7, 11) is 0. The van der Waals surface area contributed by atoms with Crippen LogP contribution in [0.5, 0.6) is 0 Å².